The fourth-order valence-corrected chi connectivity index (χ4v) is 3.97. The molecule has 1 amide bonds. The van der Waals surface area contributed by atoms with E-state index in [1.165, 1.54) is 28.7 Å². The van der Waals surface area contributed by atoms with E-state index in [4.69, 9.17) is 0 Å². The van der Waals surface area contributed by atoms with Crippen LogP contribution in [0.15, 0.2) is 34.7 Å². The Bertz CT molecular complexity index is 757. The van der Waals surface area contributed by atoms with Crippen LogP contribution in [0.5, 0.6) is 0 Å². The minimum atomic E-state index is 0.0922. The molecular formula is C18H24N4OS2. The number of thioether (sulfide) groups is 1. The third-order valence-corrected chi connectivity index (χ3v) is 5.50. The maximum Gasteiger partial charge on any atom is 0.233 e. The van der Waals surface area contributed by atoms with Crippen LogP contribution in [0.25, 0.3) is 0 Å². The van der Waals surface area contributed by atoms with Gasteiger partial charge in [0, 0.05) is 18.8 Å². The van der Waals surface area contributed by atoms with Crippen molar-refractivity contribution in [2.24, 2.45) is 0 Å². The second kappa shape index (κ2) is 9.01. The Labute approximate surface area is 157 Å². The number of rotatable bonds is 8. The van der Waals surface area contributed by atoms with Crippen LogP contribution < -0.4 is 5.32 Å². The molecule has 1 aromatic carbocycles. The SMILES string of the molecule is C=C(C)CN(CC)C(=O)CSc1nnc(Nc2ccc(C)cc2C)s1. The molecule has 0 aliphatic heterocycles. The first-order valence-corrected chi connectivity index (χ1v) is 9.92. The standard InChI is InChI=1S/C18H24N4OS2/c1-6-22(10-12(2)3)16(23)11-24-18-21-20-17(25-18)19-15-8-7-13(4)9-14(15)5/h7-9H,2,6,10-11H2,1,3-5H3,(H,19,20). The normalized spacial score (nSPS) is 10.6. The van der Waals surface area contributed by atoms with Gasteiger partial charge in [-0.1, -0.05) is 52.9 Å². The van der Waals surface area contributed by atoms with Crippen LogP contribution in [-0.4, -0.2) is 39.8 Å². The Morgan fingerprint density at radius 1 is 1.36 bits per heavy atom. The summed E-state index contributed by atoms with van der Waals surface area (Å²) in [4.78, 5) is 14.1. The number of hydrogen-bond donors (Lipinski definition) is 1. The van der Waals surface area contributed by atoms with Gasteiger partial charge in [0.15, 0.2) is 4.34 Å². The van der Waals surface area contributed by atoms with E-state index >= 15 is 0 Å². The van der Waals surface area contributed by atoms with Crippen LogP contribution in [0.1, 0.15) is 25.0 Å². The molecule has 1 N–H and O–H groups in total. The van der Waals surface area contributed by atoms with Gasteiger partial charge in [0.1, 0.15) is 0 Å². The van der Waals surface area contributed by atoms with Crippen LogP contribution in [0.3, 0.4) is 0 Å². The lowest BCUT2D eigenvalue weighted by atomic mass is 10.1. The van der Waals surface area contributed by atoms with Crippen molar-refractivity contribution in [3.8, 4) is 0 Å². The molecule has 0 aliphatic rings. The highest BCUT2D eigenvalue weighted by molar-refractivity contribution is 8.01. The number of carbonyl (C=O) groups is 1. The molecule has 0 saturated heterocycles. The minimum absolute atomic E-state index is 0.0922. The molecule has 2 rings (SSSR count). The molecule has 0 saturated carbocycles. The monoisotopic (exact) mass is 376 g/mol. The Balaban J connectivity index is 1.92. The van der Waals surface area contributed by atoms with Crippen molar-refractivity contribution in [1.29, 1.82) is 0 Å². The van der Waals surface area contributed by atoms with Crippen LogP contribution in [0.4, 0.5) is 10.8 Å². The van der Waals surface area contributed by atoms with Gasteiger partial charge in [-0.3, -0.25) is 4.79 Å². The lowest BCUT2D eigenvalue weighted by molar-refractivity contribution is -0.127. The quantitative estimate of drug-likeness (QED) is 0.546. The summed E-state index contributed by atoms with van der Waals surface area (Å²) >= 11 is 2.88. The highest BCUT2D eigenvalue weighted by Gasteiger charge is 2.14. The van der Waals surface area contributed by atoms with Crippen LogP contribution in [0, 0.1) is 13.8 Å². The Morgan fingerprint density at radius 3 is 2.76 bits per heavy atom. The first-order valence-electron chi connectivity index (χ1n) is 8.11. The maximum absolute atomic E-state index is 12.3. The van der Waals surface area contributed by atoms with Crippen molar-refractivity contribution in [3.05, 3.63) is 41.5 Å². The third kappa shape index (κ3) is 5.86. The number of benzene rings is 1. The molecule has 134 valence electrons. The molecule has 0 radical (unpaired) electrons. The number of likely N-dealkylation sites (N-methyl/N-ethyl adjacent to an activating group) is 1. The highest BCUT2D eigenvalue weighted by Crippen LogP contribution is 2.29. The van der Waals surface area contributed by atoms with E-state index in [1.54, 1.807) is 4.90 Å². The summed E-state index contributed by atoms with van der Waals surface area (Å²) in [5.74, 6) is 0.453. The van der Waals surface area contributed by atoms with Crippen LogP contribution >= 0.6 is 23.1 Å². The van der Waals surface area contributed by atoms with E-state index in [-0.39, 0.29) is 5.91 Å². The predicted octanol–water partition coefficient (Wildman–Crippen LogP) is 4.42. The van der Waals surface area contributed by atoms with Gasteiger partial charge in [0.05, 0.1) is 5.75 Å². The summed E-state index contributed by atoms with van der Waals surface area (Å²) in [6.45, 7) is 13.2. The zero-order valence-electron chi connectivity index (χ0n) is 15.1. The van der Waals surface area contributed by atoms with Crippen molar-refractivity contribution >= 4 is 39.8 Å². The molecule has 1 aromatic heterocycles. The van der Waals surface area contributed by atoms with Crippen molar-refractivity contribution in [2.45, 2.75) is 32.0 Å². The molecule has 2 aromatic rings. The Hall–Kier alpha value is -1.86. The topological polar surface area (TPSA) is 58.1 Å². The van der Waals surface area contributed by atoms with Gasteiger partial charge >= 0.3 is 0 Å². The number of carbonyl (C=O) groups excluding carboxylic acids is 1. The molecule has 0 aliphatic carbocycles. The number of anilines is 2. The molecule has 0 spiro atoms. The average Bonchev–Trinajstić information content (AvgIpc) is 3.00. The van der Waals surface area contributed by atoms with Gasteiger partial charge in [0.2, 0.25) is 11.0 Å². The van der Waals surface area contributed by atoms with Crippen LogP contribution in [0.2, 0.25) is 0 Å². The lowest BCUT2D eigenvalue weighted by Crippen LogP contribution is -2.33. The van der Waals surface area contributed by atoms with E-state index in [0.29, 0.717) is 18.8 Å². The molecule has 7 heteroatoms. The van der Waals surface area contributed by atoms with E-state index in [1.807, 2.05) is 19.9 Å². The fourth-order valence-electron chi connectivity index (χ4n) is 2.30. The van der Waals surface area contributed by atoms with Crippen molar-refractivity contribution in [3.63, 3.8) is 0 Å². The van der Waals surface area contributed by atoms with Gasteiger partial charge in [-0.15, -0.1) is 10.2 Å². The second-order valence-corrected chi connectivity index (χ2v) is 8.17. The van der Waals surface area contributed by atoms with Crippen molar-refractivity contribution < 1.29 is 4.79 Å². The summed E-state index contributed by atoms with van der Waals surface area (Å²) in [5.41, 5.74) is 4.40. The summed E-state index contributed by atoms with van der Waals surface area (Å²) in [7, 11) is 0. The molecule has 5 nitrogen and oxygen atoms in total. The molecule has 25 heavy (non-hydrogen) atoms. The van der Waals surface area contributed by atoms with E-state index in [9.17, 15) is 4.79 Å². The average molecular weight is 377 g/mol. The molecule has 0 unspecified atom stereocenters. The van der Waals surface area contributed by atoms with Gasteiger partial charge < -0.3 is 10.2 Å². The molecule has 0 bridgehead atoms. The van der Waals surface area contributed by atoms with Crippen molar-refractivity contribution in [1.82, 2.24) is 15.1 Å². The lowest BCUT2D eigenvalue weighted by Gasteiger charge is -2.20. The molecule has 0 fully saturated rings. The first-order chi connectivity index (χ1) is 11.9. The minimum Gasteiger partial charge on any atom is -0.338 e. The third-order valence-electron chi connectivity index (χ3n) is 3.54. The van der Waals surface area contributed by atoms with Gasteiger partial charge in [-0.2, -0.15) is 0 Å². The molecular weight excluding hydrogens is 352 g/mol. The molecule has 0 atom stereocenters. The number of nitrogens with zero attached hydrogens (tertiary/aromatic N) is 3. The number of amides is 1. The van der Waals surface area contributed by atoms with E-state index < -0.39 is 0 Å². The summed E-state index contributed by atoms with van der Waals surface area (Å²) in [6.07, 6.45) is 0. The highest BCUT2D eigenvalue weighted by atomic mass is 32.2. The molecule has 1 heterocycles. The number of hydrogen-bond acceptors (Lipinski definition) is 6. The second-order valence-electron chi connectivity index (χ2n) is 5.97. The Kier molecular flexibility index (Phi) is 7.01. The zero-order chi connectivity index (χ0) is 18.4. The van der Waals surface area contributed by atoms with Gasteiger partial charge in [-0.05, 0) is 39.3 Å². The predicted molar refractivity (Wildman–Crippen MR) is 107 cm³/mol. The van der Waals surface area contributed by atoms with Gasteiger partial charge in [0.25, 0.3) is 0 Å². The van der Waals surface area contributed by atoms with Gasteiger partial charge in [-0.25, -0.2) is 0 Å². The van der Waals surface area contributed by atoms with Crippen molar-refractivity contribution in [2.75, 3.05) is 24.2 Å². The van der Waals surface area contributed by atoms with E-state index in [2.05, 4.69) is 48.1 Å². The fraction of sp³-hybridized carbons (Fsp3) is 0.389. The first kappa shape index (κ1) is 19.5. The largest absolute Gasteiger partial charge is 0.338 e. The summed E-state index contributed by atoms with van der Waals surface area (Å²) < 4.78 is 0.784. The summed E-state index contributed by atoms with van der Waals surface area (Å²) in [6, 6.07) is 6.23. The van der Waals surface area contributed by atoms with E-state index in [0.717, 1.165) is 26.3 Å². The zero-order valence-corrected chi connectivity index (χ0v) is 16.8. The Morgan fingerprint density at radius 2 is 2.12 bits per heavy atom. The smallest absolute Gasteiger partial charge is 0.233 e. The summed E-state index contributed by atoms with van der Waals surface area (Å²) in [5, 5.41) is 12.3. The number of aryl methyl sites for hydroxylation is 2. The maximum atomic E-state index is 12.3. The number of aromatic nitrogens is 2. The number of nitrogens with one attached hydrogen (secondary N) is 1. The van der Waals surface area contributed by atoms with Crippen LogP contribution in [-0.2, 0) is 4.79 Å².